The normalized spacial score (nSPS) is 12.5. The van der Waals surface area contributed by atoms with E-state index in [0.29, 0.717) is 0 Å². The van der Waals surface area contributed by atoms with Crippen LogP contribution >= 0.6 is 0 Å². The van der Waals surface area contributed by atoms with E-state index in [4.69, 9.17) is 4.74 Å². The quantitative estimate of drug-likeness (QED) is 0.793. The first kappa shape index (κ1) is 17.1. The number of carbonyl (C=O) groups is 1. The SMILES string of the molecule is Cc1c(C(F)(F)F)nc2c(N(C)C(=O)OC(C)(C)C)cccn12. The summed E-state index contributed by atoms with van der Waals surface area (Å²) in [6, 6.07) is 3.07. The zero-order valence-electron chi connectivity index (χ0n) is 13.5. The highest BCUT2D eigenvalue weighted by molar-refractivity contribution is 5.92. The molecule has 126 valence electrons. The van der Waals surface area contributed by atoms with Gasteiger partial charge in [0.25, 0.3) is 0 Å². The number of aryl methyl sites for hydroxylation is 1. The molecule has 5 nitrogen and oxygen atoms in total. The van der Waals surface area contributed by atoms with Crippen molar-refractivity contribution in [3.63, 3.8) is 0 Å². The summed E-state index contributed by atoms with van der Waals surface area (Å²) in [5.74, 6) is 0. The summed E-state index contributed by atoms with van der Waals surface area (Å²) in [5, 5.41) is 0. The maximum Gasteiger partial charge on any atom is 0.435 e. The van der Waals surface area contributed by atoms with Gasteiger partial charge >= 0.3 is 12.3 Å². The number of rotatable bonds is 1. The molecule has 1 amide bonds. The molecule has 0 aliphatic heterocycles. The number of hydrogen-bond acceptors (Lipinski definition) is 3. The van der Waals surface area contributed by atoms with Gasteiger partial charge in [0.1, 0.15) is 5.60 Å². The summed E-state index contributed by atoms with van der Waals surface area (Å²) in [7, 11) is 1.43. The van der Waals surface area contributed by atoms with Gasteiger partial charge in [-0.2, -0.15) is 13.2 Å². The summed E-state index contributed by atoms with van der Waals surface area (Å²) in [4.78, 5) is 17.0. The van der Waals surface area contributed by atoms with Gasteiger partial charge in [-0.15, -0.1) is 0 Å². The topological polar surface area (TPSA) is 46.8 Å². The van der Waals surface area contributed by atoms with Crippen LogP contribution in [0, 0.1) is 6.92 Å². The minimum absolute atomic E-state index is 0.0352. The highest BCUT2D eigenvalue weighted by Gasteiger charge is 2.37. The maximum absolute atomic E-state index is 13.0. The molecule has 2 aromatic rings. The lowest BCUT2D eigenvalue weighted by molar-refractivity contribution is -0.141. The molecule has 0 aromatic carbocycles. The third kappa shape index (κ3) is 3.40. The monoisotopic (exact) mass is 329 g/mol. The zero-order valence-corrected chi connectivity index (χ0v) is 13.5. The minimum Gasteiger partial charge on any atom is -0.443 e. The number of pyridine rings is 1. The number of halogens is 3. The van der Waals surface area contributed by atoms with Crippen LogP contribution in [0.25, 0.3) is 5.65 Å². The van der Waals surface area contributed by atoms with Gasteiger partial charge < -0.3 is 9.14 Å². The smallest absolute Gasteiger partial charge is 0.435 e. The molecule has 0 N–H and O–H groups in total. The van der Waals surface area contributed by atoms with E-state index >= 15 is 0 Å². The molecule has 0 saturated carbocycles. The Morgan fingerprint density at radius 3 is 2.43 bits per heavy atom. The summed E-state index contributed by atoms with van der Waals surface area (Å²) in [6.45, 7) is 6.46. The molecule has 8 heteroatoms. The Morgan fingerprint density at radius 2 is 1.91 bits per heavy atom. The van der Waals surface area contributed by atoms with E-state index < -0.39 is 23.6 Å². The van der Waals surface area contributed by atoms with Crippen LogP contribution in [-0.2, 0) is 10.9 Å². The van der Waals surface area contributed by atoms with Gasteiger partial charge in [0.05, 0.1) is 11.4 Å². The van der Waals surface area contributed by atoms with Crippen LogP contribution in [0.4, 0.5) is 23.7 Å². The fraction of sp³-hybridized carbons (Fsp3) is 0.467. The second-order valence-electron chi connectivity index (χ2n) is 6.17. The van der Waals surface area contributed by atoms with Crippen molar-refractivity contribution in [2.45, 2.75) is 39.5 Å². The lowest BCUT2D eigenvalue weighted by Crippen LogP contribution is -2.34. The van der Waals surface area contributed by atoms with Crippen LogP contribution in [0.3, 0.4) is 0 Å². The Kier molecular flexibility index (Phi) is 4.04. The summed E-state index contributed by atoms with van der Waals surface area (Å²) in [5.41, 5.74) is -1.43. The lowest BCUT2D eigenvalue weighted by atomic mass is 10.2. The first-order valence-corrected chi connectivity index (χ1v) is 6.93. The number of hydrogen-bond donors (Lipinski definition) is 0. The molecule has 2 heterocycles. The number of fused-ring (bicyclic) bond motifs is 1. The average molecular weight is 329 g/mol. The van der Waals surface area contributed by atoms with Crippen molar-refractivity contribution in [1.29, 1.82) is 0 Å². The number of aromatic nitrogens is 2. The second-order valence-corrected chi connectivity index (χ2v) is 6.17. The third-order valence-electron chi connectivity index (χ3n) is 3.17. The Labute approximate surface area is 131 Å². The highest BCUT2D eigenvalue weighted by Crippen LogP contribution is 2.33. The molecule has 0 fully saturated rings. The molecular weight excluding hydrogens is 311 g/mol. The Morgan fingerprint density at radius 1 is 1.30 bits per heavy atom. The molecule has 2 rings (SSSR count). The zero-order chi connectivity index (χ0) is 17.6. The van der Waals surface area contributed by atoms with Crippen LogP contribution in [-0.4, -0.2) is 28.1 Å². The molecule has 0 saturated heterocycles. The van der Waals surface area contributed by atoms with Crippen molar-refractivity contribution in [2.75, 3.05) is 11.9 Å². The second kappa shape index (κ2) is 5.43. The number of amides is 1. The summed E-state index contributed by atoms with van der Waals surface area (Å²) in [6.07, 6.45) is -3.75. The van der Waals surface area contributed by atoms with E-state index in [1.54, 1.807) is 26.8 Å². The predicted octanol–water partition coefficient (Wildman–Crippen LogP) is 4.03. The largest absolute Gasteiger partial charge is 0.443 e. The number of anilines is 1. The highest BCUT2D eigenvalue weighted by atomic mass is 19.4. The number of ether oxygens (including phenoxy) is 1. The Hall–Kier alpha value is -2.25. The van der Waals surface area contributed by atoms with Crippen molar-refractivity contribution in [2.24, 2.45) is 0 Å². The van der Waals surface area contributed by atoms with Crippen molar-refractivity contribution in [1.82, 2.24) is 9.38 Å². The number of nitrogens with zero attached hydrogens (tertiary/aromatic N) is 3. The first-order chi connectivity index (χ1) is 10.4. The standard InChI is InChI=1S/C15H18F3N3O2/c1-9-11(15(16,17)18)19-12-10(7-6-8-21(9)12)20(5)13(22)23-14(2,3)4/h6-8H,1-5H3. The van der Waals surface area contributed by atoms with Gasteiger partial charge in [0.2, 0.25) is 0 Å². The molecule has 0 bridgehead atoms. The predicted molar refractivity (Wildman–Crippen MR) is 79.6 cm³/mol. The molecule has 0 unspecified atom stereocenters. The van der Waals surface area contributed by atoms with Crippen LogP contribution in [0.2, 0.25) is 0 Å². The van der Waals surface area contributed by atoms with E-state index in [0.717, 1.165) is 4.90 Å². The molecule has 0 spiro atoms. The fourth-order valence-electron chi connectivity index (χ4n) is 2.13. The summed E-state index contributed by atoms with van der Waals surface area (Å²) >= 11 is 0. The van der Waals surface area contributed by atoms with E-state index in [1.807, 2.05) is 0 Å². The first-order valence-electron chi connectivity index (χ1n) is 6.93. The van der Waals surface area contributed by atoms with Gasteiger partial charge in [-0.25, -0.2) is 9.78 Å². The number of alkyl halides is 3. The minimum atomic E-state index is -4.56. The molecule has 23 heavy (non-hydrogen) atoms. The van der Waals surface area contributed by atoms with Crippen LogP contribution < -0.4 is 4.90 Å². The van der Waals surface area contributed by atoms with Gasteiger partial charge in [-0.1, -0.05) is 0 Å². The van der Waals surface area contributed by atoms with Crippen molar-refractivity contribution < 1.29 is 22.7 Å². The van der Waals surface area contributed by atoms with E-state index in [9.17, 15) is 18.0 Å². The van der Waals surface area contributed by atoms with Gasteiger partial charge in [-0.05, 0) is 39.8 Å². The van der Waals surface area contributed by atoms with Gasteiger partial charge in [-0.3, -0.25) is 4.90 Å². The Bertz CT molecular complexity index is 745. The molecule has 2 aromatic heterocycles. The van der Waals surface area contributed by atoms with E-state index in [1.165, 1.54) is 30.6 Å². The molecule has 0 atom stereocenters. The third-order valence-corrected chi connectivity index (χ3v) is 3.17. The van der Waals surface area contributed by atoms with Crippen LogP contribution in [0.1, 0.15) is 32.2 Å². The van der Waals surface area contributed by atoms with Crippen LogP contribution in [0.15, 0.2) is 18.3 Å². The van der Waals surface area contributed by atoms with Gasteiger partial charge in [0, 0.05) is 13.2 Å². The molecule has 0 aliphatic rings. The Balaban J connectivity index is 2.52. The molecular formula is C15H18F3N3O2. The van der Waals surface area contributed by atoms with Gasteiger partial charge in [0.15, 0.2) is 11.3 Å². The average Bonchev–Trinajstić information content (AvgIpc) is 2.73. The lowest BCUT2D eigenvalue weighted by Gasteiger charge is -2.24. The summed E-state index contributed by atoms with van der Waals surface area (Å²) < 4.78 is 45.6. The van der Waals surface area contributed by atoms with E-state index in [2.05, 4.69) is 4.98 Å². The molecule has 0 aliphatic carbocycles. The maximum atomic E-state index is 13.0. The number of carbonyl (C=O) groups excluding carboxylic acids is 1. The number of imidazole rings is 1. The molecule has 0 radical (unpaired) electrons. The van der Waals surface area contributed by atoms with E-state index in [-0.39, 0.29) is 17.0 Å². The van der Waals surface area contributed by atoms with Crippen molar-refractivity contribution >= 4 is 17.4 Å². The van der Waals surface area contributed by atoms with Crippen molar-refractivity contribution in [3.05, 3.63) is 29.7 Å². The van der Waals surface area contributed by atoms with Crippen LogP contribution in [0.5, 0.6) is 0 Å². The fourth-order valence-corrected chi connectivity index (χ4v) is 2.13. The van der Waals surface area contributed by atoms with Crippen molar-refractivity contribution in [3.8, 4) is 0 Å².